The molecule has 1 rings (SSSR count). The summed E-state index contributed by atoms with van der Waals surface area (Å²) >= 11 is 0. The minimum Gasteiger partial charge on any atom is -0.480 e. The van der Waals surface area contributed by atoms with E-state index in [1.54, 1.807) is 5.32 Å². The van der Waals surface area contributed by atoms with Crippen LogP contribution in [-0.4, -0.2) is 57.9 Å². The number of rotatable bonds is 9. The number of carbonyl (C=O) groups excluding carboxylic acids is 1. The maximum absolute atomic E-state index is 12.4. The zero-order valence-corrected chi connectivity index (χ0v) is 14.4. The number of aliphatic carboxylic acids is 1. The largest absolute Gasteiger partial charge is 0.480 e. The maximum Gasteiger partial charge on any atom is 0.391 e. The third kappa shape index (κ3) is 6.98. The van der Waals surface area contributed by atoms with E-state index in [1.807, 2.05) is 0 Å². The average Bonchev–Trinajstić information content (AvgIpc) is 2.53. The Morgan fingerprint density at radius 2 is 1.96 bits per heavy atom. The smallest absolute Gasteiger partial charge is 0.391 e. The molecule has 0 radical (unpaired) electrons. The van der Waals surface area contributed by atoms with Crippen LogP contribution >= 0.6 is 0 Å². The Bertz CT molecular complexity index is 751. The summed E-state index contributed by atoms with van der Waals surface area (Å²) in [5.74, 6) is -3.00. The van der Waals surface area contributed by atoms with E-state index in [4.69, 9.17) is 9.84 Å². The molecule has 0 fully saturated rings. The van der Waals surface area contributed by atoms with Gasteiger partial charge in [0.05, 0.1) is 17.9 Å². The highest BCUT2D eigenvalue weighted by atomic mass is 32.2. The van der Waals surface area contributed by atoms with Gasteiger partial charge in [0.25, 0.3) is 5.91 Å². The van der Waals surface area contributed by atoms with Gasteiger partial charge in [0.15, 0.2) is 0 Å². The van der Waals surface area contributed by atoms with Crippen LogP contribution in [0.4, 0.5) is 13.2 Å². The number of carboxylic acids is 1. The van der Waals surface area contributed by atoms with Gasteiger partial charge in [-0.15, -0.1) is 0 Å². The van der Waals surface area contributed by atoms with Crippen molar-refractivity contribution in [2.24, 2.45) is 0 Å². The molecule has 1 aromatic carbocycles. The van der Waals surface area contributed by atoms with Gasteiger partial charge >= 0.3 is 12.1 Å². The second kappa shape index (κ2) is 8.96. The molecule has 0 saturated heterocycles. The zero-order chi connectivity index (χ0) is 20.0. The number of halogens is 3. The van der Waals surface area contributed by atoms with E-state index in [2.05, 4.69) is 4.72 Å². The molecule has 0 aliphatic heterocycles. The molecule has 12 heteroatoms. The van der Waals surface area contributed by atoms with Crippen molar-refractivity contribution in [3.63, 3.8) is 0 Å². The molecule has 0 aromatic heterocycles. The summed E-state index contributed by atoms with van der Waals surface area (Å²) < 4.78 is 68.1. The molecule has 0 bridgehead atoms. The number of benzene rings is 1. The van der Waals surface area contributed by atoms with Crippen molar-refractivity contribution in [3.05, 3.63) is 29.8 Å². The van der Waals surface area contributed by atoms with Crippen LogP contribution in [0, 0.1) is 0 Å². The Morgan fingerprint density at radius 1 is 1.31 bits per heavy atom. The second-order valence-electron chi connectivity index (χ2n) is 5.10. The fraction of sp³-hybridized carbons (Fsp3) is 0.429. The van der Waals surface area contributed by atoms with Crippen molar-refractivity contribution in [2.45, 2.75) is 23.5 Å². The lowest BCUT2D eigenvalue weighted by molar-refractivity contribution is -0.157. The van der Waals surface area contributed by atoms with Gasteiger partial charge in [-0.25, -0.2) is 17.9 Å². The van der Waals surface area contributed by atoms with E-state index in [0.29, 0.717) is 0 Å². The predicted octanol–water partition coefficient (Wildman–Crippen LogP) is 0.747. The summed E-state index contributed by atoms with van der Waals surface area (Å²) in [6, 6.07) is 2.27. The average molecular weight is 398 g/mol. The highest BCUT2D eigenvalue weighted by Crippen LogP contribution is 2.22. The first-order valence-electron chi connectivity index (χ1n) is 7.15. The summed E-state index contributed by atoms with van der Waals surface area (Å²) in [7, 11) is -2.59. The standard InChI is InChI=1S/C14H17F3N2O6S/c1-25-6-5-18-26(23,24)10-4-2-3-9(7-10)12(20)19-11(13(21)22)8-14(15,16)17/h2-4,7,11,18H,5-6,8H2,1H3,(H,19,20)(H,21,22). The molecule has 1 aromatic rings. The van der Waals surface area contributed by atoms with Gasteiger partial charge in [-0.2, -0.15) is 13.2 Å². The van der Waals surface area contributed by atoms with Crippen LogP contribution in [0.2, 0.25) is 0 Å². The summed E-state index contributed by atoms with van der Waals surface area (Å²) in [5.41, 5.74) is -0.298. The lowest BCUT2D eigenvalue weighted by Crippen LogP contribution is -2.43. The van der Waals surface area contributed by atoms with Gasteiger partial charge in [0.2, 0.25) is 10.0 Å². The van der Waals surface area contributed by atoms with E-state index in [0.717, 1.165) is 12.1 Å². The van der Waals surface area contributed by atoms with Gasteiger partial charge in [0.1, 0.15) is 6.04 Å². The third-order valence-electron chi connectivity index (χ3n) is 3.04. The number of hydrogen-bond acceptors (Lipinski definition) is 5. The molecular weight excluding hydrogens is 381 g/mol. The number of amides is 1. The van der Waals surface area contributed by atoms with Crippen molar-refractivity contribution in [3.8, 4) is 0 Å². The van der Waals surface area contributed by atoms with Crippen molar-refractivity contribution in [1.82, 2.24) is 10.0 Å². The number of alkyl halides is 3. The van der Waals surface area contributed by atoms with Crippen LogP contribution in [0.25, 0.3) is 0 Å². The van der Waals surface area contributed by atoms with Gasteiger partial charge in [0, 0.05) is 19.2 Å². The number of carboxylic acid groups (broad SMARTS) is 1. The minimum absolute atomic E-state index is 0.0259. The molecule has 1 amide bonds. The van der Waals surface area contributed by atoms with E-state index < -0.39 is 40.5 Å². The molecule has 0 aliphatic rings. The number of ether oxygens (including phenoxy) is 1. The van der Waals surface area contributed by atoms with Crippen LogP contribution in [0.15, 0.2) is 29.2 Å². The number of sulfonamides is 1. The lowest BCUT2D eigenvalue weighted by Gasteiger charge is -2.16. The molecule has 0 heterocycles. The number of carbonyl (C=O) groups is 2. The number of hydrogen-bond donors (Lipinski definition) is 3. The zero-order valence-electron chi connectivity index (χ0n) is 13.5. The first-order chi connectivity index (χ1) is 12.0. The Labute approximate surface area is 147 Å². The minimum atomic E-state index is -4.80. The predicted molar refractivity (Wildman–Crippen MR) is 83.1 cm³/mol. The Morgan fingerprint density at radius 3 is 2.50 bits per heavy atom. The van der Waals surface area contributed by atoms with Crippen molar-refractivity contribution >= 4 is 21.9 Å². The summed E-state index contributed by atoms with van der Waals surface area (Å²) in [6.45, 7) is 0.0824. The topological polar surface area (TPSA) is 122 Å². The van der Waals surface area contributed by atoms with Gasteiger partial charge < -0.3 is 15.2 Å². The second-order valence-corrected chi connectivity index (χ2v) is 6.87. The SMILES string of the molecule is COCCNS(=O)(=O)c1cccc(C(=O)NC(CC(F)(F)F)C(=O)O)c1. The highest BCUT2D eigenvalue weighted by molar-refractivity contribution is 7.89. The Balaban J connectivity index is 2.95. The summed E-state index contributed by atoms with van der Waals surface area (Å²) in [5, 5.41) is 10.5. The van der Waals surface area contributed by atoms with Gasteiger partial charge in [-0.1, -0.05) is 6.07 Å². The number of nitrogens with one attached hydrogen (secondary N) is 2. The third-order valence-corrected chi connectivity index (χ3v) is 4.50. The Kier molecular flexibility index (Phi) is 7.54. The summed E-state index contributed by atoms with van der Waals surface area (Å²) in [4.78, 5) is 22.6. The van der Waals surface area contributed by atoms with Crippen LogP contribution in [0.3, 0.4) is 0 Å². The maximum atomic E-state index is 12.4. The first-order valence-corrected chi connectivity index (χ1v) is 8.63. The van der Waals surface area contributed by atoms with E-state index in [9.17, 15) is 31.2 Å². The fourth-order valence-electron chi connectivity index (χ4n) is 1.84. The first kappa shape index (κ1) is 21.9. The number of methoxy groups -OCH3 is 1. The molecule has 1 atom stereocenters. The van der Waals surface area contributed by atoms with E-state index in [1.165, 1.54) is 19.2 Å². The summed E-state index contributed by atoms with van der Waals surface area (Å²) in [6.07, 6.45) is -6.56. The van der Waals surface area contributed by atoms with Crippen molar-refractivity contribution in [1.29, 1.82) is 0 Å². The molecule has 0 spiro atoms. The van der Waals surface area contributed by atoms with E-state index in [-0.39, 0.29) is 23.6 Å². The molecular formula is C14H17F3N2O6S. The fourth-order valence-corrected chi connectivity index (χ4v) is 2.90. The van der Waals surface area contributed by atoms with Crippen molar-refractivity contribution in [2.75, 3.05) is 20.3 Å². The highest BCUT2D eigenvalue weighted by Gasteiger charge is 2.36. The molecule has 146 valence electrons. The molecule has 8 nitrogen and oxygen atoms in total. The van der Waals surface area contributed by atoms with E-state index >= 15 is 0 Å². The normalized spacial score (nSPS) is 13.2. The molecule has 26 heavy (non-hydrogen) atoms. The molecule has 1 unspecified atom stereocenters. The van der Waals surface area contributed by atoms with Gasteiger partial charge in [-0.05, 0) is 18.2 Å². The quantitative estimate of drug-likeness (QED) is 0.528. The Hall–Kier alpha value is -2.18. The van der Waals surface area contributed by atoms with Crippen LogP contribution < -0.4 is 10.0 Å². The monoisotopic (exact) mass is 398 g/mol. The van der Waals surface area contributed by atoms with Crippen LogP contribution in [-0.2, 0) is 19.6 Å². The molecule has 3 N–H and O–H groups in total. The van der Waals surface area contributed by atoms with Crippen LogP contribution in [0.1, 0.15) is 16.8 Å². The lowest BCUT2D eigenvalue weighted by atomic mass is 10.1. The van der Waals surface area contributed by atoms with Crippen LogP contribution in [0.5, 0.6) is 0 Å². The molecule has 0 aliphatic carbocycles. The molecule has 0 saturated carbocycles. The van der Waals surface area contributed by atoms with Crippen molar-refractivity contribution < 1.29 is 41.0 Å². The van der Waals surface area contributed by atoms with Gasteiger partial charge in [-0.3, -0.25) is 4.79 Å².